The van der Waals surface area contributed by atoms with Crippen molar-refractivity contribution in [2.24, 2.45) is 22.9 Å². The van der Waals surface area contributed by atoms with E-state index in [2.05, 4.69) is 36.2 Å². The van der Waals surface area contributed by atoms with Crippen LogP contribution in [0.3, 0.4) is 0 Å². The number of ether oxygens (including phenoxy) is 3. The number of carbonyl (C=O) groups excluding carboxylic acids is 1. The Hall–Kier alpha value is -5.83. The molecule has 3 aliphatic rings. The summed E-state index contributed by atoms with van der Waals surface area (Å²) in [6.07, 6.45) is 8.87. The highest BCUT2D eigenvalue weighted by Gasteiger charge is 2.66. The Labute approximate surface area is 400 Å². The first-order valence-electron chi connectivity index (χ1n) is 23.9. The van der Waals surface area contributed by atoms with Crippen LogP contribution >= 0.6 is 0 Å². The number of hydrogen-bond donors (Lipinski definition) is 3. The second kappa shape index (κ2) is 22.1. The zero-order valence-electron chi connectivity index (χ0n) is 39.0. The fourth-order valence-electron chi connectivity index (χ4n) is 10.5. The van der Waals surface area contributed by atoms with Crippen molar-refractivity contribution < 1.29 is 42.5 Å². The number of fused-ring (bicyclic) bond motifs is 3. The van der Waals surface area contributed by atoms with Gasteiger partial charge in [-0.15, -0.1) is 6.58 Å². The molecule has 358 valence electrons. The van der Waals surface area contributed by atoms with Gasteiger partial charge >= 0.3 is 0 Å². The predicted molar refractivity (Wildman–Crippen MR) is 265 cm³/mol. The number of hydrogen-bond acceptors (Lipinski definition) is 10. The summed E-state index contributed by atoms with van der Waals surface area (Å²) in [5, 5.41) is 29.9. The van der Waals surface area contributed by atoms with E-state index >= 15 is 8.42 Å². The molecule has 0 bridgehead atoms. The first-order valence-corrected chi connectivity index (χ1v) is 25.3. The van der Waals surface area contributed by atoms with Crippen LogP contribution in [0.25, 0.3) is 10.8 Å². The monoisotopic (exact) mass is 941 g/mol. The third-order valence-electron chi connectivity index (χ3n) is 13.4. The summed E-state index contributed by atoms with van der Waals surface area (Å²) in [4.78, 5) is 18.2. The molecule has 8 rings (SSSR count). The molecule has 1 aliphatic heterocycles. The summed E-state index contributed by atoms with van der Waals surface area (Å²) in [7, 11) is -4.28. The van der Waals surface area contributed by atoms with Crippen LogP contribution in [-0.4, -0.2) is 72.7 Å². The van der Waals surface area contributed by atoms with Gasteiger partial charge in [0.15, 0.2) is 0 Å². The van der Waals surface area contributed by atoms with Crippen LogP contribution in [0.4, 0.5) is 5.69 Å². The van der Waals surface area contributed by atoms with Crippen LogP contribution in [-0.2, 0) is 31.0 Å². The van der Waals surface area contributed by atoms with E-state index in [1.165, 1.54) is 23.4 Å². The lowest BCUT2D eigenvalue weighted by Crippen LogP contribution is -2.70. The molecule has 1 heterocycles. The van der Waals surface area contributed by atoms with Crippen molar-refractivity contribution in [3.63, 3.8) is 0 Å². The molecule has 0 unspecified atom stereocenters. The quantitative estimate of drug-likeness (QED) is 0.0349. The first-order chi connectivity index (χ1) is 33.1. The van der Waals surface area contributed by atoms with E-state index in [0.717, 1.165) is 53.2 Å². The molecule has 1 saturated carbocycles. The zero-order valence-corrected chi connectivity index (χ0v) is 39.8. The molecule has 3 N–H and O–H groups in total. The summed E-state index contributed by atoms with van der Waals surface area (Å²) in [6.45, 7) is 7.91. The van der Waals surface area contributed by atoms with Gasteiger partial charge in [-0.05, 0) is 120 Å². The zero-order chi connectivity index (χ0) is 47.7. The summed E-state index contributed by atoms with van der Waals surface area (Å²) >= 11 is 0. The number of rotatable bonds is 22. The molecular weight excluding hydrogens is 879 g/mol. The number of benzene rings is 5. The highest BCUT2D eigenvalue weighted by atomic mass is 32.2. The molecule has 68 heavy (non-hydrogen) atoms. The number of unbranched alkanes of at least 4 members (excludes halogenated alkanes) is 2. The number of nitrogens with one attached hydrogen (secondary N) is 1. The number of allylic oxidation sites excluding steroid dienone is 1. The minimum absolute atomic E-state index is 0.0121. The molecule has 0 spiro atoms. The molecule has 2 aliphatic carbocycles. The number of oxime groups is 1. The van der Waals surface area contributed by atoms with Crippen molar-refractivity contribution >= 4 is 38.1 Å². The second-order valence-electron chi connectivity index (χ2n) is 18.0. The van der Waals surface area contributed by atoms with Crippen LogP contribution in [0, 0.1) is 17.8 Å². The van der Waals surface area contributed by atoms with Gasteiger partial charge in [0, 0.05) is 50.3 Å². The molecule has 12 nitrogen and oxygen atoms in total. The standard InChI is InChI=1S/C55H63N3O9S/c1-4-29-58(68(62,63)46-26-22-43(23-27-46)56-38(3)61)52-36-50(57-65-37-39-15-7-6-8-16-39)48-34-42(19-11-13-30-59)47(20-12-14-31-60)53-49-35-45(66-44-24-21-40-17-9-10-18-41(40)33-44)25-28-51(49)67-55(52,54(48)53)64-32-5-2/h5-10,15-18,21-28,33-35,42,47,52-54,59-60H,2,4,11-14,19-20,29-32,36-37H2,1,3H3,(H,56,61)/t42-,47+,52-,53+,54+,55+/m0/s1. The molecule has 5 aromatic carbocycles. The van der Waals surface area contributed by atoms with Gasteiger partial charge in [0.25, 0.3) is 0 Å². The van der Waals surface area contributed by atoms with Crippen LogP contribution in [0.1, 0.15) is 82.3 Å². The lowest BCUT2D eigenvalue weighted by Gasteiger charge is -2.59. The Kier molecular flexibility index (Phi) is 15.8. The molecule has 0 aromatic heterocycles. The van der Waals surface area contributed by atoms with Crippen molar-refractivity contribution in [3.8, 4) is 17.2 Å². The van der Waals surface area contributed by atoms with Crippen LogP contribution in [0.5, 0.6) is 17.2 Å². The number of anilines is 1. The minimum Gasteiger partial charge on any atom is -0.460 e. The molecule has 0 radical (unpaired) electrons. The van der Waals surface area contributed by atoms with Gasteiger partial charge in [0.05, 0.1) is 29.2 Å². The number of sulfonamides is 1. The number of carbonyl (C=O) groups is 1. The summed E-state index contributed by atoms with van der Waals surface area (Å²) in [5.74, 6) is -0.933. The van der Waals surface area contributed by atoms with Gasteiger partial charge in [-0.2, -0.15) is 4.31 Å². The third-order valence-corrected chi connectivity index (χ3v) is 15.3. The highest BCUT2D eigenvalue weighted by molar-refractivity contribution is 7.89. The van der Waals surface area contributed by atoms with Gasteiger partial charge in [-0.25, -0.2) is 8.42 Å². The SMILES string of the molecule is C=CCO[C@@]12Oc3ccc(Oc4ccc5ccccc5c4)cc3[C@H]3[C@H](CCCCO)[C@@H](CCCCO)C=C(C(=NOCc4ccccc4)C[C@@H]1N(CCC)S(=O)(=O)c1ccc(NC(C)=O)cc1)[C@H]32. The van der Waals surface area contributed by atoms with Crippen LogP contribution in [0.15, 0.2) is 150 Å². The molecule has 1 amide bonds. The van der Waals surface area contributed by atoms with E-state index in [1.54, 1.807) is 18.2 Å². The maximum Gasteiger partial charge on any atom is 0.243 e. The molecule has 5 aromatic rings. The Morgan fingerprint density at radius 1 is 0.897 bits per heavy atom. The molecule has 13 heteroatoms. The van der Waals surface area contributed by atoms with Gasteiger partial charge < -0.3 is 34.6 Å². The van der Waals surface area contributed by atoms with Gasteiger partial charge in [-0.1, -0.05) is 97.7 Å². The molecule has 6 atom stereocenters. The molecule has 0 saturated heterocycles. The Morgan fingerprint density at radius 3 is 2.32 bits per heavy atom. The lowest BCUT2D eigenvalue weighted by atomic mass is 9.55. The van der Waals surface area contributed by atoms with E-state index in [-0.39, 0.29) is 67.9 Å². The minimum atomic E-state index is -4.28. The Balaban J connectivity index is 1.33. The summed E-state index contributed by atoms with van der Waals surface area (Å²) < 4.78 is 53.4. The van der Waals surface area contributed by atoms with E-state index in [4.69, 9.17) is 24.2 Å². The Bertz CT molecular complexity index is 2710. The maximum absolute atomic E-state index is 15.3. The third kappa shape index (κ3) is 10.4. The van der Waals surface area contributed by atoms with Gasteiger partial charge in [0.1, 0.15) is 23.9 Å². The van der Waals surface area contributed by atoms with Crippen molar-refractivity contribution in [2.75, 3.05) is 31.7 Å². The fourth-order valence-corrected chi connectivity index (χ4v) is 12.3. The van der Waals surface area contributed by atoms with E-state index < -0.39 is 27.8 Å². The van der Waals surface area contributed by atoms with E-state index in [9.17, 15) is 15.0 Å². The average Bonchev–Trinajstić information content (AvgIpc) is 3.34. The highest BCUT2D eigenvalue weighted by Crippen LogP contribution is 2.62. The molecule has 1 fully saturated rings. The van der Waals surface area contributed by atoms with Crippen molar-refractivity contribution in [1.29, 1.82) is 0 Å². The predicted octanol–water partition coefficient (Wildman–Crippen LogP) is 10.5. The van der Waals surface area contributed by atoms with Crippen LogP contribution in [0.2, 0.25) is 0 Å². The van der Waals surface area contributed by atoms with Crippen molar-refractivity contribution in [3.05, 3.63) is 151 Å². The largest absolute Gasteiger partial charge is 0.460 e. The van der Waals surface area contributed by atoms with Crippen molar-refractivity contribution in [2.45, 2.75) is 94.5 Å². The topological polar surface area (TPSA) is 156 Å². The number of aliphatic hydroxyl groups is 2. The number of aliphatic hydroxyl groups excluding tert-OH is 2. The maximum atomic E-state index is 15.3. The lowest BCUT2D eigenvalue weighted by molar-refractivity contribution is -0.251. The van der Waals surface area contributed by atoms with E-state index in [0.29, 0.717) is 47.9 Å². The first kappa shape index (κ1) is 48.6. The van der Waals surface area contributed by atoms with Gasteiger partial charge in [-0.3, -0.25) is 4.79 Å². The van der Waals surface area contributed by atoms with E-state index in [1.807, 2.05) is 79.7 Å². The fraction of sp³-hybridized carbons (Fsp3) is 0.382. The second-order valence-corrected chi connectivity index (χ2v) is 19.9. The van der Waals surface area contributed by atoms with Crippen LogP contribution < -0.4 is 14.8 Å². The average molecular weight is 942 g/mol. The molecular formula is C55H63N3O9S. The smallest absolute Gasteiger partial charge is 0.243 e. The summed E-state index contributed by atoms with van der Waals surface area (Å²) in [6, 6.07) is 35.0. The normalized spacial score (nSPS) is 22.5. The summed E-state index contributed by atoms with van der Waals surface area (Å²) in [5.41, 5.74) is 3.79. The van der Waals surface area contributed by atoms with Gasteiger partial charge in [0.2, 0.25) is 21.7 Å². The van der Waals surface area contributed by atoms with Crippen molar-refractivity contribution in [1.82, 2.24) is 4.31 Å². The Morgan fingerprint density at radius 2 is 1.60 bits per heavy atom. The number of nitrogens with zero attached hydrogens (tertiary/aromatic N) is 2. The number of amides is 1.